The maximum atomic E-state index is 10.8. The van der Waals surface area contributed by atoms with Crippen LogP contribution >= 0.6 is 0 Å². The SMILES string of the molecule is C=CC/C(C=O)=C\C[C@@H]1CC=C(C)C1(C)C. The van der Waals surface area contributed by atoms with Gasteiger partial charge in [0, 0.05) is 0 Å². The summed E-state index contributed by atoms with van der Waals surface area (Å²) in [7, 11) is 0. The molecule has 0 aromatic carbocycles. The Morgan fingerprint density at radius 2 is 2.31 bits per heavy atom. The van der Waals surface area contributed by atoms with E-state index in [1.165, 1.54) is 5.57 Å². The Bertz CT molecular complexity index is 331. The van der Waals surface area contributed by atoms with Gasteiger partial charge in [-0.05, 0) is 43.1 Å². The van der Waals surface area contributed by atoms with Gasteiger partial charge in [0.2, 0.25) is 0 Å². The molecule has 0 aliphatic heterocycles. The molecule has 0 saturated heterocycles. The Morgan fingerprint density at radius 3 is 2.75 bits per heavy atom. The van der Waals surface area contributed by atoms with Crippen molar-refractivity contribution in [2.24, 2.45) is 11.3 Å². The van der Waals surface area contributed by atoms with Gasteiger partial charge in [0.25, 0.3) is 0 Å². The Labute approximate surface area is 98.9 Å². The summed E-state index contributed by atoms with van der Waals surface area (Å²) in [5.41, 5.74) is 2.61. The van der Waals surface area contributed by atoms with Crippen molar-refractivity contribution in [2.75, 3.05) is 0 Å². The summed E-state index contributed by atoms with van der Waals surface area (Å²) in [5, 5.41) is 0. The average molecular weight is 218 g/mol. The van der Waals surface area contributed by atoms with Gasteiger partial charge >= 0.3 is 0 Å². The van der Waals surface area contributed by atoms with Crippen LogP contribution in [0.1, 0.15) is 40.0 Å². The van der Waals surface area contributed by atoms with Crippen molar-refractivity contribution in [1.29, 1.82) is 0 Å². The molecule has 1 nitrogen and oxygen atoms in total. The molecule has 1 atom stereocenters. The first-order chi connectivity index (χ1) is 7.52. The van der Waals surface area contributed by atoms with Crippen molar-refractivity contribution >= 4 is 6.29 Å². The normalized spacial score (nSPS) is 24.1. The fourth-order valence-electron chi connectivity index (χ4n) is 2.23. The second-order valence-corrected chi connectivity index (χ2v) is 5.17. The minimum Gasteiger partial charge on any atom is -0.298 e. The zero-order valence-electron chi connectivity index (χ0n) is 10.6. The van der Waals surface area contributed by atoms with Crippen LogP contribution in [0.5, 0.6) is 0 Å². The molecule has 16 heavy (non-hydrogen) atoms. The summed E-state index contributed by atoms with van der Waals surface area (Å²) < 4.78 is 0. The number of carbonyl (C=O) groups excluding carboxylic acids is 1. The third kappa shape index (κ3) is 2.72. The summed E-state index contributed by atoms with van der Waals surface area (Å²) in [4.78, 5) is 10.8. The molecule has 0 radical (unpaired) electrons. The van der Waals surface area contributed by atoms with Crippen molar-refractivity contribution in [3.63, 3.8) is 0 Å². The number of hydrogen-bond donors (Lipinski definition) is 0. The largest absolute Gasteiger partial charge is 0.298 e. The van der Waals surface area contributed by atoms with Gasteiger partial charge in [-0.25, -0.2) is 0 Å². The molecule has 1 aliphatic carbocycles. The molecule has 0 heterocycles. The summed E-state index contributed by atoms with van der Waals surface area (Å²) >= 11 is 0. The van der Waals surface area contributed by atoms with Crippen LogP contribution in [-0.2, 0) is 4.79 Å². The maximum Gasteiger partial charge on any atom is 0.146 e. The number of hydrogen-bond acceptors (Lipinski definition) is 1. The molecule has 0 unspecified atom stereocenters. The lowest BCUT2D eigenvalue weighted by Crippen LogP contribution is -2.19. The molecule has 0 fully saturated rings. The van der Waals surface area contributed by atoms with Crippen LogP contribution < -0.4 is 0 Å². The Kier molecular flexibility index (Phi) is 4.28. The van der Waals surface area contributed by atoms with E-state index in [9.17, 15) is 4.79 Å². The van der Waals surface area contributed by atoms with Gasteiger partial charge in [0.05, 0.1) is 0 Å². The molecular formula is C15H22O. The minimum atomic E-state index is 0.276. The number of carbonyl (C=O) groups is 1. The first kappa shape index (κ1) is 13.0. The van der Waals surface area contributed by atoms with Gasteiger partial charge < -0.3 is 0 Å². The predicted octanol–water partition coefficient (Wildman–Crippen LogP) is 4.07. The Morgan fingerprint density at radius 1 is 1.62 bits per heavy atom. The molecule has 0 spiro atoms. The van der Waals surface area contributed by atoms with Crippen molar-refractivity contribution in [2.45, 2.75) is 40.0 Å². The van der Waals surface area contributed by atoms with E-state index in [0.29, 0.717) is 12.3 Å². The molecule has 0 N–H and O–H groups in total. The molecule has 0 aromatic heterocycles. The van der Waals surface area contributed by atoms with Crippen LogP contribution in [0.15, 0.2) is 36.0 Å². The van der Waals surface area contributed by atoms with Crippen LogP contribution in [-0.4, -0.2) is 6.29 Å². The zero-order chi connectivity index (χ0) is 12.2. The van der Waals surface area contributed by atoms with E-state index in [1.807, 2.05) is 0 Å². The van der Waals surface area contributed by atoms with Crippen molar-refractivity contribution in [3.05, 3.63) is 36.0 Å². The van der Waals surface area contributed by atoms with E-state index in [4.69, 9.17) is 0 Å². The molecule has 0 saturated carbocycles. The van der Waals surface area contributed by atoms with E-state index in [-0.39, 0.29) is 5.41 Å². The highest BCUT2D eigenvalue weighted by atomic mass is 16.1. The van der Waals surface area contributed by atoms with Gasteiger partial charge in [-0.2, -0.15) is 0 Å². The van der Waals surface area contributed by atoms with Crippen molar-refractivity contribution in [1.82, 2.24) is 0 Å². The lowest BCUT2D eigenvalue weighted by molar-refractivity contribution is -0.105. The average Bonchev–Trinajstić information content (AvgIpc) is 2.50. The first-order valence-electron chi connectivity index (χ1n) is 5.94. The van der Waals surface area contributed by atoms with E-state index < -0.39 is 0 Å². The van der Waals surface area contributed by atoms with Crippen LogP contribution in [0.25, 0.3) is 0 Å². The van der Waals surface area contributed by atoms with Crippen LogP contribution in [0.2, 0.25) is 0 Å². The topological polar surface area (TPSA) is 17.1 Å². The second kappa shape index (κ2) is 5.29. The molecule has 1 rings (SSSR count). The van der Waals surface area contributed by atoms with E-state index in [1.54, 1.807) is 6.08 Å². The van der Waals surface area contributed by atoms with Gasteiger partial charge in [-0.15, -0.1) is 6.58 Å². The predicted molar refractivity (Wildman–Crippen MR) is 69.2 cm³/mol. The summed E-state index contributed by atoms with van der Waals surface area (Å²) in [6, 6.07) is 0. The third-order valence-electron chi connectivity index (χ3n) is 3.94. The molecule has 0 amide bonds. The zero-order valence-corrected chi connectivity index (χ0v) is 10.6. The van der Waals surface area contributed by atoms with Gasteiger partial charge in [-0.1, -0.05) is 37.6 Å². The van der Waals surface area contributed by atoms with Crippen molar-refractivity contribution in [3.8, 4) is 0 Å². The van der Waals surface area contributed by atoms with Crippen LogP contribution in [0.4, 0.5) is 0 Å². The molecular weight excluding hydrogens is 196 g/mol. The summed E-state index contributed by atoms with van der Waals surface area (Å²) in [6.07, 6.45) is 9.94. The van der Waals surface area contributed by atoms with Crippen LogP contribution in [0, 0.1) is 11.3 Å². The van der Waals surface area contributed by atoms with Crippen LogP contribution in [0.3, 0.4) is 0 Å². The highest BCUT2D eigenvalue weighted by Gasteiger charge is 2.33. The monoisotopic (exact) mass is 218 g/mol. The maximum absolute atomic E-state index is 10.8. The second-order valence-electron chi connectivity index (χ2n) is 5.17. The summed E-state index contributed by atoms with van der Waals surface area (Å²) in [5.74, 6) is 0.632. The smallest absolute Gasteiger partial charge is 0.146 e. The number of rotatable bonds is 5. The lowest BCUT2D eigenvalue weighted by Gasteiger charge is -2.29. The van der Waals surface area contributed by atoms with E-state index in [2.05, 4.69) is 39.5 Å². The highest BCUT2D eigenvalue weighted by Crippen LogP contribution is 2.44. The quantitative estimate of drug-likeness (QED) is 0.386. The molecule has 1 aliphatic rings. The van der Waals surface area contributed by atoms with Gasteiger partial charge in [0.1, 0.15) is 6.29 Å². The van der Waals surface area contributed by atoms with Gasteiger partial charge in [-0.3, -0.25) is 4.79 Å². The molecule has 1 heteroatoms. The van der Waals surface area contributed by atoms with E-state index >= 15 is 0 Å². The lowest BCUT2D eigenvalue weighted by atomic mass is 9.76. The first-order valence-corrected chi connectivity index (χ1v) is 5.94. The number of allylic oxidation sites excluding steroid dienone is 5. The van der Waals surface area contributed by atoms with Gasteiger partial charge in [0.15, 0.2) is 0 Å². The highest BCUT2D eigenvalue weighted by molar-refractivity contribution is 5.73. The number of aldehydes is 1. The third-order valence-corrected chi connectivity index (χ3v) is 3.94. The Balaban J connectivity index is 2.63. The fraction of sp³-hybridized carbons (Fsp3) is 0.533. The Hall–Kier alpha value is -1.11. The summed E-state index contributed by atoms with van der Waals surface area (Å²) in [6.45, 7) is 10.4. The standard InChI is InChI=1S/C15H22O/c1-5-6-13(11-16)8-10-14-9-7-12(2)15(14,3)4/h5,7-8,11,14H,1,6,9-10H2,2-4H3/b13-8+/t14-/m0/s1. The molecule has 88 valence electrons. The minimum absolute atomic E-state index is 0.276. The fourth-order valence-corrected chi connectivity index (χ4v) is 2.23. The van der Waals surface area contributed by atoms with E-state index in [0.717, 1.165) is 24.7 Å². The molecule has 0 aromatic rings. The van der Waals surface area contributed by atoms with Crippen molar-refractivity contribution < 1.29 is 4.79 Å². The molecule has 0 bridgehead atoms.